The van der Waals surface area contributed by atoms with E-state index in [2.05, 4.69) is 48.9 Å². The topological polar surface area (TPSA) is 12.0 Å². The van der Waals surface area contributed by atoms with E-state index in [1.54, 1.807) is 0 Å². The van der Waals surface area contributed by atoms with Crippen molar-refractivity contribution in [2.24, 2.45) is 11.3 Å². The zero-order chi connectivity index (χ0) is 13.1. The zero-order valence-electron chi connectivity index (χ0n) is 11.0. The Morgan fingerprint density at radius 1 is 1.35 bits per heavy atom. The second-order valence-electron chi connectivity index (χ2n) is 5.48. The molecular formula is C14H21BrFN. The van der Waals surface area contributed by atoms with Gasteiger partial charge in [-0.2, -0.15) is 0 Å². The third kappa shape index (κ3) is 4.40. The molecule has 96 valence electrons. The highest BCUT2D eigenvalue weighted by atomic mass is 79.9. The highest BCUT2D eigenvalue weighted by Crippen LogP contribution is 2.25. The number of halogens is 2. The fourth-order valence-electron chi connectivity index (χ4n) is 1.39. The molecule has 1 rings (SSSR count). The average Bonchev–Trinajstić information content (AvgIpc) is 2.21. The van der Waals surface area contributed by atoms with Crippen LogP contribution in [0.25, 0.3) is 0 Å². The van der Waals surface area contributed by atoms with E-state index in [9.17, 15) is 4.39 Å². The van der Waals surface area contributed by atoms with Gasteiger partial charge in [0.15, 0.2) is 0 Å². The van der Waals surface area contributed by atoms with E-state index in [0.29, 0.717) is 5.92 Å². The predicted molar refractivity (Wildman–Crippen MR) is 74.4 cm³/mol. The van der Waals surface area contributed by atoms with Crippen LogP contribution in [0.4, 0.5) is 4.39 Å². The Hall–Kier alpha value is -0.410. The van der Waals surface area contributed by atoms with E-state index >= 15 is 0 Å². The second kappa shape index (κ2) is 5.96. The highest BCUT2D eigenvalue weighted by molar-refractivity contribution is 9.10. The van der Waals surface area contributed by atoms with Gasteiger partial charge >= 0.3 is 0 Å². The first kappa shape index (κ1) is 14.7. The fraction of sp³-hybridized carbons (Fsp3) is 0.571. The summed E-state index contributed by atoms with van der Waals surface area (Å²) < 4.78 is 13.7. The minimum absolute atomic E-state index is 0.205. The van der Waals surface area contributed by atoms with Crippen LogP contribution in [0.5, 0.6) is 0 Å². The molecule has 0 atom stereocenters. The number of hydrogen-bond donors (Lipinski definition) is 1. The van der Waals surface area contributed by atoms with Crippen molar-refractivity contribution in [1.29, 1.82) is 0 Å². The lowest BCUT2D eigenvalue weighted by Crippen LogP contribution is -2.33. The SMILES string of the molecule is CC(C)C(C)(C)CNCc1ccc(F)cc1Br. The number of benzene rings is 1. The van der Waals surface area contributed by atoms with Gasteiger partial charge < -0.3 is 5.32 Å². The second-order valence-corrected chi connectivity index (χ2v) is 6.34. The normalized spacial score (nSPS) is 12.2. The van der Waals surface area contributed by atoms with Gasteiger partial charge in [-0.25, -0.2) is 4.39 Å². The van der Waals surface area contributed by atoms with Gasteiger partial charge in [0.25, 0.3) is 0 Å². The van der Waals surface area contributed by atoms with E-state index < -0.39 is 0 Å². The smallest absolute Gasteiger partial charge is 0.124 e. The summed E-state index contributed by atoms with van der Waals surface area (Å²) in [4.78, 5) is 0. The molecule has 0 aliphatic carbocycles. The monoisotopic (exact) mass is 301 g/mol. The van der Waals surface area contributed by atoms with Gasteiger partial charge in [0.1, 0.15) is 5.82 Å². The summed E-state index contributed by atoms with van der Waals surface area (Å²) >= 11 is 3.38. The average molecular weight is 302 g/mol. The third-order valence-corrected chi connectivity index (χ3v) is 4.21. The van der Waals surface area contributed by atoms with Crippen LogP contribution in [0.3, 0.4) is 0 Å². The van der Waals surface area contributed by atoms with Crippen LogP contribution in [0.1, 0.15) is 33.3 Å². The first-order chi connectivity index (χ1) is 7.83. The molecule has 0 aliphatic heterocycles. The molecule has 0 saturated heterocycles. The van der Waals surface area contributed by atoms with Crippen molar-refractivity contribution in [2.75, 3.05) is 6.54 Å². The summed E-state index contributed by atoms with van der Waals surface area (Å²) in [7, 11) is 0. The van der Waals surface area contributed by atoms with Gasteiger partial charge in [0.05, 0.1) is 0 Å². The van der Waals surface area contributed by atoms with Gasteiger partial charge in [-0.15, -0.1) is 0 Å². The van der Waals surface area contributed by atoms with Crippen LogP contribution in [0, 0.1) is 17.2 Å². The van der Waals surface area contributed by atoms with Crippen LogP contribution < -0.4 is 5.32 Å². The standard InChI is InChI=1S/C14H21BrFN/c1-10(2)14(3,4)9-17-8-11-5-6-12(16)7-13(11)15/h5-7,10,17H,8-9H2,1-4H3. The van der Waals surface area contributed by atoms with Crippen molar-refractivity contribution in [3.63, 3.8) is 0 Å². The van der Waals surface area contributed by atoms with Crippen LogP contribution in [-0.4, -0.2) is 6.54 Å². The molecule has 0 spiro atoms. The van der Waals surface area contributed by atoms with E-state index in [1.165, 1.54) is 12.1 Å². The van der Waals surface area contributed by atoms with Crippen molar-refractivity contribution in [2.45, 2.75) is 34.2 Å². The van der Waals surface area contributed by atoms with Gasteiger partial charge in [-0.05, 0) is 29.0 Å². The molecule has 0 heterocycles. The maximum atomic E-state index is 12.9. The third-order valence-electron chi connectivity index (χ3n) is 3.47. The van der Waals surface area contributed by atoms with E-state index in [1.807, 2.05) is 6.07 Å². The Morgan fingerprint density at radius 2 is 2.00 bits per heavy atom. The molecule has 1 aromatic carbocycles. The number of nitrogens with one attached hydrogen (secondary N) is 1. The quantitative estimate of drug-likeness (QED) is 0.852. The summed E-state index contributed by atoms with van der Waals surface area (Å²) in [6, 6.07) is 4.81. The first-order valence-electron chi connectivity index (χ1n) is 5.97. The van der Waals surface area contributed by atoms with Crippen LogP contribution in [0.2, 0.25) is 0 Å². The lowest BCUT2D eigenvalue weighted by atomic mass is 9.81. The van der Waals surface area contributed by atoms with Crippen molar-refractivity contribution in [1.82, 2.24) is 5.32 Å². The van der Waals surface area contributed by atoms with E-state index in [4.69, 9.17) is 0 Å². The summed E-state index contributed by atoms with van der Waals surface area (Å²) in [5, 5.41) is 3.43. The molecule has 0 amide bonds. The van der Waals surface area contributed by atoms with Crippen LogP contribution >= 0.6 is 15.9 Å². The van der Waals surface area contributed by atoms with Crippen molar-refractivity contribution in [3.8, 4) is 0 Å². The molecular weight excluding hydrogens is 281 g/mol. The molecule has 1 N–H and O–H groups in total. The van der Waals surface area contributed by atoms with Crippen LogP contribution in [-0.2, 0) is 6.54 Å². The minimum Gasteiger partial charge on any atom is -0.312 e. The number of hydrogen-bond acceptors (Lipinski definition) is 1. The maximum absolute atomic E-state index is 12.9. The van der Waals surface area contributed by atoms with Crippen molar-refractivity contribution < 1.29 is 4.39 Å². The fourth-order valence-corrected chi connectivity index (χ4v) is 1.88. The Labute approximate surface area is 112 Å². The van der Waals surface area contributed by atoms with E-state index in [0.717, 1.165) is 23.1 Å². The Balaban J connectivity index is 2.51. The van der Waals surface area contributed by atoms with Gasteiger partial charge in [-0.1, -0.05) is 49.7 Å². The van der Waals surface area contributed by atoms with Gasteiger partial charge in [-0.3, -0.25) is 0 Å². The lowest BCUT2D eigenvalue weighted by molar-refractivity contribution is 0.238. The van der Waals surface area contributed by atoms with Gasteiger partial charge in [0, 0.05) is 17.6 Å². The summed E-state index contributed by atoms with van der Waals surface area (Å²) in [6.45, 7) is 10.7. The molecule has 0 saturated carbocycles. The maximum Gasteiger partial charge on any atom is 0.124 e. The Morgan fingerprint density at radius 3 is 2.53 bits per heavy atom. The molecule has 3 heteroatoms. The molecule has 0 radical (unpaired) electrons. The zero-order valence-corrected chi connectivity index (χ0v) is 12.6. The molecule has 0 bridgehead atoms. The van der Waals surface area contributed by atoms with Gasteiger partial charge in [0.2, 0.25) is 0 Å². The predicted octanol–water partition coefficient (Wildman–Crippen LogP) is 4.36. The molecule has 0 unspecified atom stereocenters. The largest absolute Gasteiger partial charge is 0.312 e. The molecule has 1 aromatic rings. The molecule has 1 nitrogen and oxygen atoms in total. The summed E-state index contributed by atoms with van der Waals surface area (Å²) in [5.74, 6) is 0.426. The summed E-state index contributed by atoms with van der Waals surface area (Å²) in [5.41, 5.74) is 1.36. The molecule has 0 aliphatic rings. The van der Waals surface area contributed by atoms with E-state index in [-0.39, 0.29) is 11.2 Å². The molecule has 0 aromatic heterocycles. The van der Waals surface area contributed by atoms with Crippen LogP contribution in [0.15, 0.2) is 22.7 Å². The molecule has 17 heavy (non-hydrogen) atoms. The van der Waals surface area contributed by atoms with Crippen molar-refractivity contribution in [3.05, 3.63) is 34.1 Å². The molecule has 0 fully saturated rings. The number of rotatable bonds is 5. The highest BCUT2D eigenvalue weighted by Gasteiger charge is 2.21. The first-order valence-corrected chi connectivity index (χ1v) is 6.77. The Bertz CT molecular complexity index is 374. The van der Waals surface area contributed by atoms with Crippen molar-refractivity contribution >= 4 is 15.9 Å². The minimum atomic E-state index is -0.205. The summed E-state index contributed by atoms with van der Waals surface area (Å²) in [6.07, 6.45) is 0. The Kier molecular flexibility index (Phi) is 5.14. The lowest BCUT2D eigenvalue weighted by Gasteiger charge is -2.29.